The van der Waals surface area contributed by atoms with E-state index in [0.717, 1.165) is 0 Å². The molecule has 0 aliphatic carbocycles. The standard InChI is InChI=1S/C11H10O7/c12-7(9(14)15)8(13)11(17)18-10(16)6-4-2-1-3-5-6/h1-5,7-8,12-13H,(H,14,15). The van der Waals surface area contributed by atoms with Crippen LogP contribution in [0, 0.1) is 0 Å². The molecule has 3 N–H and O–H groups in total. The normalized spacial score (nSPS) is 13.4. The molecule has 0 radical (unpaired) electrons. The average Bonchev–Trinajstić information content (AvgIpc) is 2.37. The van der Waals surface area contributed by atoms with Gasteiger partial charge in [-0.1, -0.05) is 18.2 Å². The molecule has 1 aromatic carbocycles. The van der Waals surface area contributed by atoms with Crippen molar-refractivity contribution in [2.75, 3.05) is 0 Å². The fraction of sp³-hybridized carbons (Fsp3) is 0.182. The van der Waals surface area contributed by atoms with Crippen molar-refractivity contribution >= 4 is 17.9 Å². The van der Waals surface area contributed by atoms with E-state index < -0.39 is 30.1 Å². The summed E-state index contributed by atoms with van der Waals surface area (Å²) in [7, 11) is 0. The average molecular weight is 254 g/mol. The molecule has 0 saturated carbocycles. The van der Waals surface area contributed by atoms with E-state index in [0.29, 0.717) is 0 Å². The Morgan fingerprint density at radius 2 is 1.56 bits per heavy atom. The summed E-state index contributed by atoms with van der Waals surface area (Å²) >= 11 is 0. The van der Waals surface area contributed by atoms with Crippen molar-refractivity contribution in [3.05, 3.63) is 35.9 Å². The van der Waals surface area contributed by atoms with Crippen molar-refractivity contribution in [3.8, 4) is 0 Å². The number of aliphatic carboxylic acids is 1. The van der Waals surface area contributed by atoms with Crippen LogP contribution in [0.1, 0.15) is 10.4 Å². The predicted molar refractivity (Wildman–Crippen MR) is 56.5 cm³/mol. The van der Waals surface area contributed by atoms with Gasteiger partial charge in [0.1, 0.15) is 0 Å². The third-order valence-corrected chi connectivity index (χ3v) is 2.00. The fourth-order valence-electron chi connectivity index (χ4n) is 1.05. The van der Waals surface area contributed by atoms with Gasteiger partial charge < -0.3 is 20.1 Å². The molecule has 0 bridgehead atoms. The van der Waals surface area contributed by atoms with E-state index >= 15 is 0 Å². The number of carbonyl (C=O) groups excluding carboxylic acids is 2. The van der Waals surface area contributed by atoms with E-state index in [-0.39, 0.29) is 5.56 Å². The van der Waals surface area contributed by atoms with Crippen LogP contribution in [0.25, 0.3) is 0 Å². The maximum absolute atomic E-state index is 11.4. The highest BCUT2D eigenvalue weighted by molar-refractivity contribution is 5.98. The predicted octanol–water partition coefficient (Wildman–Crippen LogP) is -0.824. The summed E-state index contributed by atoms with van der Waals surface area (Å²) in [6.07, 6.45) is -4.67. The second-order valence-electron chi connectivity index (χ2n) is 3.30. The van der Waals surface area contributed by atoms with Crippen molar-refractivity contribution in [3.63, 3.8) is 0 Å². The van der Waals surface area contributed by atoms with Crippen LogP contribution < -0.4 is 0 Å². The molecule has 18 heavy (non-hydrogen) atoms. The van der Waals surface area contributed by atoms with E-state index in [1.165, 1.54) is 24.3 Å². The molecule has 1 aromatic rings. The Labute approximate surface area is 101 Å². The van der Waals surface area contributed by atoms with E-state index in [2.05, 4.69) is 4.74 Å². The Balaban J connectivity index is 2.66. The van der Waals surface area contributed by atoms with Gasteiger partial charge in [-0.3, -0.25) is 0 Å². The van der Waals surface area contributed by atoms with Crippen molar-refractivity contribution in [2.45, 2.75) is 12.2 Å². The second kappa shape index (κ2) is 5.89. The summed E-state index contributed by atoms with van der Waals surface area (Å²) in [6, 6.07) is 7.44. The Morgan fingerprint density at radius 1 is 1.00 bits per heavy atom. The van der Waals surface area contributed by atoms with Crippen LogP contribution in [-0.4, -0.2) is 45.4 Å². The van der Waals surface area contributed by atoms with Crippen LogP contribution >= 0.6 is 0 Å². The van der Waals surface area contributed by atoms with E-state index in [4.69, 9.17) is 15.3 Å². The first-order chi connectivity index (χ1) is 8.43. The minimum atomic E-state index is -2.35. The molecule has 2 unspecified atom stereocenters. The van der Waals surface area contributed by atoms with Gasteiger partial charge in [-0.25, -0.2) is 14.4 Å². The highest BCUT2D eigenvalue weighted by Crippen LogP contribution is 2.04. The molecule has 96 valence electrons. The topological polar surface area (TPSA) is 121 Å². The lowest BCUT2D eigenvalue weighted by Gasteiger charge is -2.11. The lowest BCUT2D eigenvalue weighted by Crippen LogP contribution is -2.41. The van der Waals surface area contributed by atoms with Gasteiger partial charge in [-0.05, 0) is 12.1 Å². The van der Waals surface area contributed by atoms with Gasteiger partial charge in [0, 0.05) is 0 Å². The third-order valence-electron chi connectivity index (χ3n) is 2.00. The SMILES string of the molecule is O=C(OC(=O)C(O)C(O)C(=O)O)c1ccccc1. The maximum atomic E-state index is 11.4. The number of esters is 2. The number of hydrogen-bond donors (Lipinski definition) is 3. The fourth-order valence-corrected chi connectivity index (χ4v) is 1.05. The van der Waals surface area contributed by atoms with Gasteiger partial charge in [0.2, 0.25) is 0 Å². The minimum Gasteiger partial charge on any atom is -0.479 e. The zero-order valence-corrected chi connectivity index (χ0v) is 9.02. The Morgan fingerprint density at radius 3 is 2.06 bits per heavy atom. The number of hydrogen-bond acceptors (Lipinski definition) is 6. The highest BCUT2D eigenvalue weighted by Gasteiger charge is 2.32. The van der Waals surface area contributed by atoms with Gasteiger partial charge in [0.05, 0.1) is 5.56 Å². The smallest absolute Gasteiger partial charge is 0.346 e. The van der Waals surface area contributed by atoms with E-state index in [1.807, 2.05) is 0 Å². The summed E-state index contributed by atoms with van der Waals surface area (Å²) in [5, 5.41) is 26.3. The van der Waals surface area contributed by atoms with Gasteiger partial charge >= 0.3 is 17.9 Å². The monoisotopic (exact) mass is 254 g/mol. The van der Waals surface area contributed by atoms with Gasteiger partial charge in [0.25, 0.3) is 0 Å². The van der Waals surface area contributed by atoms with E-state index in [1.54, 1.807) is 6.07 Å². The zero-order valence-electron chi connectivity index (χ0n) is 9.02. The molecule has 0 amide bonds. The Kier molecular flexibility index (Phi) is 4.52. The van der Waals surface area contributed by atoms with Gasteiger partial charge in [-0.15, -0.1) is 0 Å². The molecule has 0 aliphatic rings. The van der Waals surface area contributed by atoms with Gasteiger partial charge in [-0.2, -0.15) is 0 Å². The van der Waals surface area contributed by atoms with Crippen molar-refractivity contribution in [1.29, 1.82) is 0 Å². The number of ether oxygens (including phenoxy) is 1. The largest absolute Gasteiger partial charge is 0.479 e. The second-order valence-corrected chi connectivity index (χ2v) is 3.30. The van der Waals surface area contributed by atoms with Crippen LogP contribution in [-0.2, 0) is 14.3 Å². The van der Waals surface area contributed by atoms with Crippen LogP contribution in [0.3, 0.4) is 0 Å². The molecule has 1 rings (SSSR count). The number of aliphatic hydroxyl groups is 2. The van der Waals surface area contributed by atoms with Crippen LogP contribution in [0.15, 0.2) is 30.3 Å². The molecule has 7 heteroatoms. The molecule has 0 spiro atoms. The number of carbonyl (C=O) groups is 3. The molecule has 7 nitrogen and oxygen atoms in total. The Hall–Kier alpha value is -2.25. The molecular weight excluding hydrogens is 244 g/mol. The molecule has 2 atom stereocenters. The molecule has 0 heterocycles. The lowest BCUT2D eigenvalue weighted by molar-refractivity contribution is -0.166. The first-order valence-electron chi connectivity index (χ1n) is 4.83. The number of rotatable bonds is 4. The molecule has 0 saturated heterocycles. The number of aliphatic hydroxyl groups excluding tert-OH is 2. The summed E-state index contributed by atoms with van der Waals surface area (Å²) in [5.41, 5.74) is 0.0582. The minimum absolute atomic E-state index is 0.0582. The van der Waals surface area contributed by atoms with Crippen LogP contribution in [0.5, 0.6) is 0 Å². The summed E-state index contributed by atoms with van der Waals surface area (Å²) in [5.74, 6) is -4.37. The van der Waals surface area contributed by atoms with Gasteiger partial charge in [0.15, 0.2) is 12.2 Å². The number of benzene rings is 1. The molecular formula is C11H10O7. The van der Waals surface area contributed by atoms with Crippen LogP contribution in [0.4, 0.5) is 0 Å². The first-order valence-corrected chi connectivity index (χ1v) is 4.83. The molecule has 0 aliphatic heterocycles. The third kappa shape index (κ3) is 3.37. The lowest BCUT2D eigenvalue weighted by atomic mass is 10.2. The summed E-state index contributed by atoms with van der Waals surface area (Å²) < 4.78 is 4.22. The zero-order chi connectivity index (χ0) is 13.7. The number of carboxylic acids is 1. The highest BCUT2D eigenvalue weighted by atomic mass is 16.6. The van der Waals surface area contributed by atoms with Crippen LogP contribution in [0.2, 0.25) is 0 Å². The number of carboxylic acid groups (broad SMARTS) is 1. The van der Waals surface area contributed by atoms with E-state index in [9.17, 15) is 14.4 Å². The molecule has 0 aromatic heterocycles. The quantitative estimate of drug-likeness (QED) is 0.474. The maximum Gasteiger partial charge on any atom is 0.346 e. The summed E-state index contributed by atoms with van der Waals surface area (Å²) in [6.45, 7) is 0. The molecule has 0 fully saturated rings. The van der Waals surface area contributed by atoms with Crippen molar-refractivity contribution < 1.29 is 34.4 Å². The first kappa shape index (κ1) is 13.8. The van der Waals surface area contributed by atoms with Crippen molar-refractivity contribution in [2.24, 2.45) is 0 Å². The van der Waals surface area contributed by atoms with Crippen molar-refractivity contribution in [1.82, 2.24) is 0 Å². The summed E-state index contributed by atoms with van der Waals surface area (Å²) in [4.78, 5) is 32.8. The Bertz CT molecular complexity index is 454.